The highest BCUT2D eigenvalue weighted by molar-refractivity contribution is 5.96. The molecule has 9 rings (SSSR count). The summed E-state index contributed by atoms with van der Waals surface area (Å²) in [6, 6.07) is 0. The number of aliphatic hydroxyl groups is 4. The van der Waals surface area contributed by atoms with Crippen molar-refractivity contribution >= 4 is 5.78 Å². The number of aliphatic hydroxyl groups excluding tert-OH is 4. The molecule has 0 radical (unpaired) electrons. The van der Waals surface area contributed by atoms with E-state index in [-0.39, 0.29) is 46.9 Å². The number of hydrogen-bond acceptors (Lipinski definition) is 5. The Labute approximate surface area is 239 Å². The first kappa shape index (κ1) is 27.4. The number of allylic oxidation sites excluding steroid dienone is 4. The Bertz CT molecular complexity index is 1260. The topological polar surface area (TPSA) is 98.0 Å². The van der Waals surface area contributed by atoms with Gasteiger partial charge >= 0.3 is 0 Å². The summed E-state index contributed by atoms with van der Waals surface area (Å²) in [7, 11) is 0. The van der Waals surface area contributed by atoms with Crippen LogP contribution in [0.25, 0.3) is 0 Å². The maximum Gasteiger partial charge on any atom is 0.159 e. The number of ketones is 1. The minimum Gasteiger partial charge on any atom is -0.396 e. The van der Waals surface area contributed by atoms with Gasteiger partial charge in [-0.05, 0) is 103 Å². The van der Waals surface area contributed by atoms with Gasteiger partial charge in [0.2, 0.25) is 0 Å². The van der Waals surface area contributed by atoms with Crippen molar-refractivity contribution in [1.29, 1.82) is 0 Å². The molecule has 5 nitrogen and oxygen atoms in total. The van der Waals surface area contributed by atoms with Crippen LogP contribution in [0.15, 0.2) is 23.8 Å². The van der Waals surface area contributed by atoms with E-state index in [9.17, 15) is 25.2 Å². The highest BCUT2D eigenvalue weighted by atomic mass is 16.3. The van der Waals surface area contributed by atoms with Gasteiger partial charge in [-0.1, -0.05) is 51.3 Å². The molecule has 9 aliphatic rings. The average Bonchev–Trinajstić information content (AvgIpc) is 3.08. The molecule has 40 heavy (non-hydrogen) atoms. The summed E-state index contributed by atoms with van der Waals surface area (Å²) >= 11 is 0. The summed E-state index contributed by atoms with van der Waals surface area (Å²) in [4.78, 5) is 14.7. The summed E-state index contributed by atoms with van der Waals surface area (Å²) in [5.74, 6) is 6.32. The molecule has 218 valence electrons. The lowest BCUT2D eigenvalue weighted by molar-refractivity contribution is -0.237. The van der Waals surface area contributed by atoms with Gasteiger partial charge in [0.15, 0.2) is 5.78 Å². The molecule has 0 aromatic heterocycles. The molecule has 4 bridgehead atoms. The van der Waals surface area contributed by atoms with E-state index in [1.54, 1.807) is 0 Å². The van der Waals surface area contributed by atoms with E-state index >= 15 is 0 Å². The molecule has 0 amide bonds. The lowest BCUT2D eigenvalue weighted by atomic mass is 9.31. The second-order valence-electron chi connectivity index (χ2n) is 16.1. The third-order valence-corrected chi connectivity index (χ3v) is 14.9. The predicted octanol–water partition coefficient (Wildman–Crippen LogP) is 4.58. The molecule has 4 saturated carbocycles. The van der Waals surface area contributed by atoms with Gasteiger partial charge in [-0.2, -0.15) is 0 Å². The van der Waals surface area contributed by atoms with Gasteiger partial charge in [-0.3, -0.25) is 4.79 Å². The van der Waals surface area contributed by atoms with Gasteiger partial charge in [-0.15, -0.1) is 5.92 Å². The zero-order chi connectivity index (χ0) is 28.5. The molecule has 13 atom stereocenters. The fraction of sp³-hybridized carbons (Fsp3) is 0.800. The Hall–Kier alpha value is -1.45. The van der Waals surface area contributed by atoms with Crippen LogP contribution in [0, 0.1) is 68.0 Å². The van der Waals surface area contributed by atoms with Crippen molar-refractivity contribution < 1.29 is 25.2 Å². The lowest BCUT2D eigenvalue weighted by Gasteiger charge is -2.72. The molecular formula is C35H48O5. The first-order valence-electron chi connectivity index (χ1n) is 15.9. The monoisotopic (exact) mass is 548 g/mol. The Kier molecular flexibility index (Phi) is 5.71. The number of carbonyl (C=O) groups excluding carboxylic acids is 1. The van der Waals surface area contributed by atoms with Crippen molar-refractivity contribution in [2.45, 2.75) is 110 Å². The molecule has 9 aliphatic carbocycles. The van der Waals surface area contributed by atoms with E-state index in [0.29, 0.717) is 19.3 Å². The lowest BCUT2D eigenvalue weighted by Crippen LogP contribution is -2.71. The van der Waals surface area contributed by atoms with Gasteiger partial charge < -0.3 is 20.4 Å². The van der Waals surface area contributed by atoms with Crippen LogP contribution in [0.1, 0.15) is 91.9 Å². The molecule has 0 saturated heterocycles. The summed E-state index contributed by atoms with van der Waals surface area (Å²) in [5, 5.41) is 45.8. The van der Waals surface area contributed by atoms with E-state index < -0.39 is 40.0 Å². The quantitative estimate of drug-likeness (QED) is 0.284. The standard InChI is InChI=1S/C35H48O5/c1-30-11-6-5-9-26(38)35(15-14-30)23(18-30)22-17-24(37)29-31(2,32(22,3)19-28(35)40)13-10-25-33(29,4)21-8-7-12-34(25,20-36)27(39)16-21/h7-8,17,21,23,25-29,36,38-40H,6,10-16,18-20H2,1-4H3. The molecule has 0 aromatic rings. The van der Waals surface area contributed by atoms with Crippen LogP contribution in [-0.4, -0.2) is 51.1 Å². The Morgan fingerprint density at radius 2 is 1.77 bits per heavy atom. The van der Waals surface area contributed by atoms with Crippen LogP contribution in [-0.2, 0) is 4.79 Å². The van der Waals surface area contributed by atoms with Crippen molar-refractivity contribution in [3.05, 3.63) is 23.8 Å². The summed E-state index contributed by atoms with van der Waals surface area (Å²) in [6.45, 7) is 9.16. The molecule has 13 unspecified atom stereocenters. The van der Waals surface area contributed by atoms with Gasteiger partial charge in [0.1, 0.15) is 6.10 Å². The third kappa shape index (κ3) is 2.98. The zero-order valence-electron chi connectivity index (χ0n) is 24.7. The van der Waals surface area contributed by atoms with Crippen molar-refractivity contribution in [1.82, 2.24) is 0 Å². The Balaban J connectivity index is 1.41. The van der Waals surface area contributed by atoms with Gasteiger partial charge in [0, 0.05) is 23.2 Å². The van der Waals surface area contributed by atoms with Crippen LogP contribution in [0.4, 0.5) is 0 Å². The fourth-order valence-electron chi connectivity index (χ4n) is 12.5. The highest BCUT2D eigenvalue weighted by Crippen LogP contribution is 2.77. The van der Waals surface area contributed by atoms with Gasteiger partial charge in [0.25, 0.3) is 0 Å². The summed E-state index contributed by atoms with van der Waals surface area (Å²) in [6.07, 6.45) is 11.9. The van der Waals surface area contributed by atoms with E-state index in [1.807, 2.05) is 6.08 Å². The number of rotatable bonds is 1. The molecule has 4 fully saturated rings. The number of hydrogen-bond donors (Lipinski definition) is 4. The van der Waals surface area contributed by atoms with Gasteiger partial charge in [0.05, 0.1) is 18.8 Å². The molecular weight excluding hydrogens is 500 g/mol. The second-order valence-corrected chi connectivity index (χ2v) is 16.1. The molecule has 0 heterocycles. The second kappa shape index (κ2) is 8.34. The van der Waals surface area contributed by atoms with Crippen molar-refractivity contribution in [3.63, 3.8) is 0 Å². The first-order chi connectivity index (χ1) is 18.8. The maximum atomic E-state index is 14.7. The van der Waals surface area contributed by atoms with Crippen molar-refractivity contribution in [3.8, 4) is 11.8 Å². The highest BCUT2D eigenvalue weighted by Gasteiger charge is 2.74. The zero-order valence-corrected chi connectivity index (χ0v) is 24.7. The van der Waals surface area contributed by atoms with E-state index in [0.717, 1.165) is 50.5 Å². The third-order valence-electron chi connectivity index (χ3n) is 14.9. The van der Waals surface area contributed by atoms with Crippen LogP contribution < -0.4 is 0 Å². The largest absolute Gasteiger partial charge is 0.396 e. The molecule has 5 heteroatoms. The summed E-state index contributed by atoms with van der Waals surface area (Å²) in [5.41, 5.74) is -1.28. The average molecular weight is 549 g/mol. The minimum atomic E-state index is -0.900. The van der Waals surface area contributed by atoms with E-state index in [1.165, 1.54) is 0 Å². The molecule has 1 spiro atoms. The molecule has 0 aliphatic heterocycles. The Morgan fingerprint density at radius 3 is 2.52 bits per heavy atom. The van der Waals surface area contributed by atoms with Crippen LogP contribution in [0.2, 0.25) is 0 Å². The SMILES string of the molecule is CC12CCC#CC(O)C3(CC1)C(O)CC1(C)C(=CC(=O)C4C5(C)C6C=CCC(CO)(C(O)C6)C5CCC41C)C3C2. The number of carbonyl (C=O) groups is 1. The van der Waals surface area contributed by atoms with E-state index in [4.69, 9.17) is 0 Å². The van der Waals surface area contributed by atoms with Crippen molar-refractivity contribution in [2.24, 2.45) is 56.2 Å². The van der Waals surface area contributed by atoms with Crippen LogP contribution >= 0.6 is 0 Å². The minimum absolute atomic E-state index is 0.0473. The predicted molar refractivity (Wildman–Crippen MR) is 153 cm³/mol. The van der Waals surface area contributed by atoms with Crippen LogP contribution in [0.3, 0.4) is 0 Å². The smallest absolute Gasteiger partial charge is 0.159 e. The molecule has 0 aromatic carbocycles. The van der Waals surface area contributed by atoms with Gasteiger partial charge in [-0.25, -0.2) is 0 Å². The molecule has 4 N–H and O–H groups in total. The normalized spacial score (nSPS) is 58.0. The van der Waals surface area contributed by atoms with Crippen molar-refractivity contribution in [2.75, 3.05) is 6.61 Å². The Morgan fingerprint density at radius 1 is 1.00 bits per heavy atom. The fourth-order valence-corrected chi connectivity index (χ4v) is 12.5. The number of fused-ring (bicyclic) bond motifs is 9. The van der Waals surface area contributed by atoms with Crippen LogP contribution in [0.5, 0.6) is 0 Å². The maximum absolute atomic E-state index is 14.7. The first-order valence-corrected chi connectivity index (χ1v) is 15.9. The van der Waals surface area contributed by atoms with E-state index in [2.05, 4.69) is 51.7 Å². The summed E-state index contributed by atoms with van der Waals surface area (Å²) < 4.78 is 0.